The molecule has 6 heteroatoms. The normalized spacial score (nSPS) is 15.6. The maximum atomic E-state index is 9.46. The minimum absolute atomic E-state index is 0. The van der Waals surface area contributed by atoms with Gasteiger partial charge in [0.2, 0.25) is 0 Å². The highest BCUT2D eigenvalue weighted by Crippen LogP contribution is 2.30. The van der Waals surface area contributed by atoms with Crippen molar-refractivity contribution in [3.05, 3.63) is 101 Å². The van der Waals surface area contributed by atoms with E-state index in [1.807, 2.05) is 24.3 Å². The van der Waals surface area contributed by atoms with Crippen LogP contribution in [0.1, 0.15) is 22.7 Å². The van der Waals surface area contributed by atoms with Gasteiger partial charge in [-0.25, -0.2) is 0 Å². The molecule has 0 amide bonds. The van der Waals surface area contributed by atoms with Crippen LogP contribution >= 0.6 is 36.4 Å². The maximum Gasteiger partial charge on any atom is 0.115 e. The van der Waals surface area contributed by atoms with E-state index >= 15 is 0 Å². The van der Waals surface area contributed by atoms with Crippen molar-refractivity contribution in [2.24, 2.45) is 0 Å². The summed E-state index contributed by atoms with van der Waals surface area (Å²) in [5.74, 6) is 0.322. The third-order valence-electron chi connectivity index (χ3n) is 5.42. The number of hydrogen-bond donors (Lipinski definition) is 1. The zero-order valence-corrected chi connectivity index (χ0v) is 19.0. The van der Waals surface area contributed by atoms with Gasteiger partial charge in [0, 0.05) is 37.7 Å². The molecule has 1 saturated heterocycles. The Bertz CT molecular complexity index is 881. The molecule has 3 aromatic carbocycles. The lowest BCUT2D eigenvalue weighted by Gasteiger charge is -2.40. The molecular formula is C24H27Cl3N2O. The van der Waals surface area contributed by atoms with Crippen molar-refractivity contribution in [1.82, 2.24) is 9.80 Å². The van der Waals surface area contributed by atoms with Crippen LogP contribution in [0.3, 0.4) is 0 Å². The van der Waals surface area contributed by atoms with Crippen LogP contribution in [0, 0.1) is 0 Å². The van der Waals surface area contributed by atoms with Crippen molar-refractivity contribution < 1.29 is 5.11 Å². The van der Waals surface area contributed by atoms with Gasteiger partial charge in [0.25, 0.3) is 0 Å². The van der Waals surface area contributed by atoms with Crippen molar-refractivity contribution >= 4 is 36.4 Å². The number of rotatable bonds is 5. The molecule has 1 atom stereocenters. The van der Waals surface area contributed by atoms with Crippen LogP contribution in [0.25, 0.3) is 0 Å². The van der Waals surface area contributed by atoms with Gasteiger partial charge >= 0.3 is 0 Å². The average molecular weight is 466 g/mol. The zero-order valence-electron chi connectivity index (χ0n) is 16.7. The van der Waals surface area contributed by atoms with E-state index in [4.69, 9.17) is 11.6 Å². The smallest absolute Gasteiger partial charge is 0.115 e. The minimum atomic E-state index is 0. The van der Waals surface area contributed by atoms with Gasteiger partial charge < -0.3 is 5.11 Å². The van der Waals surface area contributed by atoms with Crippen LogP contribution in [0.2, 0.25) is 5.02 Å². The highest BCUT2D eigenvalue weighted by atomic mass is 35.5. The number of aromatic hydroxyl groups is 1. The molecule has 3 aromatic rings. The summed E-state index contributed by atoms with van der Waals surface area (Å²) < 4.78 is 0. The molecule has 1 aliphatic rings. The van der Waals surface area contributed by atoms with E-state index in [1.165, 1.54) is 16.7 Å². The van der Waals surface area contributed by atoms with Crippen molar-refractivity contribution in [1.29, 1.82) is 0 Å². The Balaban J connectivity index is 0.00000160. The summed E-state index contributed by atoms with van der Waals surface area (Å²) in [5.41, 5.74) is 3.84. The average Bonchev–Trinajstić information content (AvgIpc) is 2.73. The molecule has 1 fully saturated rings. The molecule has 4 rings (SSSR count). The number of phenolic OH excluding ortho intramolecular Hbond substituents is 1. The van der Waals surface area contributed by atoms with E-state index in [9.17, 15) is 5.11 Å². The van der Waals surface area contributed by atoms with Crippen molar-refractivity contribution in [2.45, 2.75) is 12.6 Å². The molecule has 160 valence electrons. The number of hydrogen-bond acceptors (Lipinski definition) is 3. The van der Waals surface area contributed by atoms with Crippen molar-refractivity contribution in [2.75, 3.05) is 26.2 Å². The predicted octanol–water partition coefficient (Wildman–Crippen LogP) is 5.80. The van der Waals surface area contributed by atoms with E-state index in [0.717, 1.165) is 37.7 Å². The van der Waals surface area contributed by atoms with E-state index in [0.29, 0.717) is 5.75 Å². The van der Waals surface area contributed by atoms with Crippen molar-refractivity contribution in [3.8, 4) is 5.75 Å². The number of phenols is 1. The number of nitrogens with zero attached hydrogens (tertiary/aromatic N) is 2. The lowest BCUT2D eigenvalue weighted by Crippen LogP contribution is -2.47. The molecule has 1 N–H and O–H groups in total. The van der Waals surface area contributed by atoms with Crippen LogP contribution in [-0.2, 0) is 6.54 Å². The Labute approximate surface area is 196 Å². The fourth-order valence-electron chi connectivity index (χ4n) is 3.93. The molecular weight excluding hydrogens is 439 g/mol. The van der Waals surface area contributed by atoms with Gasteiger partial charge in [-0.1, -0.05) is 66.2 Å². The molecule has 1 heterocycles. The number of benzene rings is 3. The van der Waals surface area contributed by atoms with Gasteiger partial charge in [-0.3, -0.25) is 9.80 Å². The van der Waals surface area contributed by atoms with Crippen LogP contribution in [0.5, 0.6) is 5.75 Å². The summed E-state index contributed by atoms with van der Waals surface area (Å²) in [5, 5.41) is 10.2. The highest BCUT2D eigenvalue weighted by molar-refractivity contribution is 6.30. The fourth-order valence-corrected chi connectivity index (χ4v) is 4.06. The van der Waals surface area contributed by atoms with Crippen LogP contribution in [0.4, 0.5) is 0 Å². The Morgan fingerprint density at radius 2 is 1.30 bits per heavy atom. The first-order valence-corrected chi connectivity index (χ1v) is 10.1. The van der Waals surface area contributed by atoms with E-state index in [-0.39, 0.29) is 30.9 Å². The summed E-state index contributed by atoms with van der Waals surface area (Å²) in [7, 11) is 0. The lowest BCUT2D eigenvalue weighted by molar-refractivity contribution is 0.105. The van der Waals surface area contributed by atoms with Crippen LogP contribution < -0.4 is 0 Å². The summed E-state index contributed by atoms with van der Waals surface area (Å²) in [6, 6.07) is 26.7. The predicted molar refractivity (Wildman–Crippen MR) is 129 cm³/mol. The van der Waals surface area contributed by atoms with Crippen LogP contribution in [-0.4, -0.2) is 41.1 Å². The first-order valence-electron chi connectivity index (χ1n) is 9.74. The zero-order chi connectivity index (χ0) is 19.3. The second-order valence-corrected chi connectivity index (χ2v) is 7.78. The lowest BCUT2D eigenvalue weighted by atomic mass is 9.96. The monoisotopic (exact) mass is 464 g/mol. The largest absolute Gasteiger partial charge is 0.508 e. The summed E-state index contributed by atoms with van der Waals surface area (Å²) in [4.78, 5) is 5.04. The molecule has 1 unspecified atom stereocenters. The molecule has 0 spiro atoms. The van der Waals surface area contributed by atoms with Gasteiger partial charge in [0.1, 0.15) is 5.75 Å². The summed E-state index contributed by atoms with van der Waals surface area (Å²) in [6.45, 7) is 5.00. The standard InChI is InChI=1S/C24H25ClN2O.2ClH/c25-22-10-8-21(9-11-22)24(20-4-2-1-3-5-20)27-16-14-26(15-17-27)18-19-6-12-23(28)13-7-19;;/h1-13,24,28H,14-18H2;2*1H. The van der Waals surface area contributed by atoms with E-state index in [1.54, 1.807) is 12.1 Å². The molecule has 1 aliphatic heterocycles. The molecule has 3 nitrogen and oxygen atoms in total. The third-order valence-corrected chi connectivity index (χ3v) is 5.67. The second-order valence-electron chi connectivity index (χ2n) is 7.34. The van der Waals surface area contributed by atoms with E-state index in [2.05, 4.69) is 52.3 Å². The first-order chi connectivity index (χ1) is 13.7. The van der Waals surface area contributed by atoms with Gasteiger partial charge in [-0.15, -0.1) is 24.8 Å². The van der Waals surface area contributed by atoms with E-state index < -0.39 is 0 Å². The molecule has 0 aromatic heterocycles. The Morgan fingerprint density at radius 3 is 1.90 bits per heavy atom. The first kappa shape index (κ1) is 24.5. The van der Waals surface area contributed by atoms with Crippen molar-refractivity contribution in [3.63, 3.8) is 0 Å². The molecule has 0 radical (unpaired) electrons. The van der Waals surface area contributed by atoms with Gasteiger partial charge in [-0.2, -0.15) is 0 Å². The molecule has 0 aliphatic carbocycles. The summed E-state index contributed by atoms with van der Waals surface area (Å²) in [6.07, 6.45) is 0. The quantitative estimate of drug-likeness (QED) is 0.516. The van der Waals surface area contributed by atoms with Gasteiger partial charge in [-0.05, 0) is 41.0 Å². The Morgan fingerprint density at radius 1 is 0.733 bits per heavy atom. The minimum Gasteiger partial charge on any atom is -0.508 e. The molecule has 30 heavy (non-hydrogen) atoms. The number of halogens is 3. The number of piperazine rings is 1. The molecule has 0 bridgehead atoms. The highest BCUT2D eigenvalue weighted by Gasteiger charge is 2.26. The second kappa shape index (κ2) is 11.6. The fraction of sp³-hybridized carbons (Fsp3) is 0.250. The third kappa shape index (κ3) is 6.13. The van der Waals surface area contributed by atoms with Gasteiger partial charge in [0.05, 0.1) is 6.04 Å². The Hall–Kier alpha value is -1.75. The SMILES string of the molecule is Cl.Cl.Oc1ccc(CN2CCN(C(c3ccccc3)c3ccc(Cl)cc3)CC2)cc1. The maximum absolute atomic E-state index is 9.46. The summed E-state index contributed by atoms with van der Waals surface area (Å²) >= 11 is 6.12. The van der Waals surface area contributed by atoms with Crippen LogP contribution in [0.15, 0.2) is 78.9 Å². The Kier molecular flexibility index (Phi) is 9.47. The van der Waals surface area contributed by atoms with Gasteiger partial charge in [0.15, 0.2) is 0 Å². The topological polar surface area (TPSA) is 26.7 Å². The molecule has 0 saturated carbocycles.